The summed E-state index contributed by atoms with van der Waals surface area (Å²) in [6.07, 6.45) is 8.48. The summed E-state index contributed by atoms with van der Waals surface area (Å²) >= 11 is 0. The van der Waals surface area contributed by atoms with Gasteiger partial charge in [0.15, 0.2) is 17.3 Å². The number of aromatic nitrogens is 6. The molecule has 5 rings (SSSR count). The van der Waals surface area contributed by atoms with Gasteiger partial charge in [-0.3, -0.25) is 4.98 Å². The third kappa shape index (κ3) is 4.00. The predicted octanol–water partition coefficient (Wildman–Crippen LogP) is 5.53. The minimum Gasteiger partial charge on any atom is -0.365 e. The van der Waals surface area contributed by atoms with Crippen molar-refractivity contribution in [1.82, 2.24) is 29.1 Å². The second-order valence-corrected chi connectivity index (χ2v) is 8.94. The first-order valence-corrected chi connectivity index (χ1v) is 11.6. The summed E-state index contributed by atoms with van der Waals surface area (Å²) in [5, 5.41) is 4.88. The summed E-state index contributed by atoms with van der Waals surface area (Å²) < 4.78 is 18.1. The molecule has 1 atom stereocenters. The van der Waals surface area contributed by atoms with Gasteiger partial charge in [0.1, 0.15) is 11.3 Å². The SMILES string of the molecule is CCC(Cc1cn(C)c2ccccc12)Nc1nc(-c2cncc(F)c2)nc2c1ncn2C(C)C. The smallest absolute Gasteiger partial charge is 0.166 e. The Bertz CT molecular complexity index is 1470. The highest BCUT2D eigenvalue weighted by Gasteiger charge is 2.19. The summed E-state index contributed by atoms with van der Waals surface area (Å²) in [7, 11) is 2.08. The van der Waals surface area contributed by atoms with E-state index in [9.17, 15) is 4.39 Å². The first kappa shape index (κ1) is 22.0. The minimum absolute atomic E-state index is 0.131. The van der Waals surface area contributed by atoms with E-state index in [0.29, 0.717) is 28.4 Å². The van der Waals surface area contributed by atoms with E-state index < -0.39 is 5.82 Å². The normalized spacial score (nSPS) is 12.6. The number of halogens is 1. The van der Waals surface area contributed by atoms with E-state index in [4.69, 9.17) is 9.97 Å². The maximum Gasteiger partial charge on any atom is 0.166 e. The van der Waals surface area contributed by atoms with E-state index in [0.717, 1.165) is 12.8 Å². The molecule has 0 saturated heterocycles. The average Bonchev–Trinajstić information content (AvgIpc) is 3.40. The molecule has 4 heterocycles. The van der Waals surface area contributed by atoms with Gasteiger partial charge < -0.3 is 14.5 Å². The summed E-state index contributed by atoms with van der Waals surface area (Å²) in [6, 6.07) is 10.1. The van der Waals surface area contributed by atoms with Crippen LogP contribution in [0.15, 0.2) is 55.2 Å². The molecule has 7 nitrogen and oxygen atoms in total. The van der Waals surface area contributed by atoms with Gasteiger partial charge in [0.2, 0.25) is 0 Å². The lowest BCUT2D eigenvalue weighted by Gasteiger charge is -2.18. The van der Waals surface area contributed by atoms with Gasteiger partial charge in [0.25, 0.3) is 0 Å². The Morgan fingerprint density at radius 3 is 2.71 bits per heavy atom. The number of rotatable bonds is 7. The van der Waals surface area contributed by atoms with Gasteiger partial charge in [-0.25, -0.2) is 19.3 Å². The van der Waals surface area contributed by atoms with Crippen LogP contribution in [-0.4, -0.2) is 35.1 Å². The summed E-state index contributed by atoms with van der Waals surface area (Å²) in [6.45, 7) is 6.31. The number of anilines is 1. The molecule has 34 heavy (non-hydrogen) atoms. The molecule has 0 spiro atoms. The molecular formula is C26H28FN7. The van der Waals surface area contributed by atoms with E-state index in [2.05, 4.69) is 78.1 Å². The highest BCUT2D eigenvalue weighted by molar-refractivity contribution is 5.86. The number of hydrogen-bond acceptors (Lipinski definition) is 5. The lowest BCUT2D eigenvalue weighted by molar-refractivity contribution is 0.612. The van der Waals surface area contributed by atoms with Crippen molar-refractivity contribution in [1.29, 1.82) is 0 Å². The van der Waals surface area contributed by atoms with Gasteiger partial charge >= 0.3 is 0 Å². The lowest BCUT2D eigenvalue weighted by atomic mass is 10.0. The van der Waals surface area contributed by atoms with Crippen LogP contribution in [0.4, 0.5) is 10.2 Å². The lowest BCUT2D eigenvalue weighted by Crippen LogP contribution is -2.22. The molecule has 4 aromatic heterocycles. The fourth-order valence-electron chi connectivity index (χ4n) is 4.40. The fourth-order valence-corrected chi connectivity index (χ4v) is 4.40. The first-order chi connectivity index (χ1) is 16.4. The number of para-hydroxylation sites is 1. The van der Waals surface area contributed by atoms with Crippen LogP contribution in [0.2, 0.25) is 0 Å². The molecule has 1 N–H and O–H groups in total. The number of nitrogens with zero attached hydrogens (tertiary/aromatic N) is 6. The van der Waals surface area contributed by atoms with Crippen LogP contribution in [0.25, 0.3) is 33.5 Å². The molecule has 0 aliphatic rings. The number of nitrogens with one attached hydrogen (secondary N) is 1. The van der Waals surface area contributed by atoms with Gasteiger partial charge in [-0.05, 0) is 44.4 Å². The molecular weight excluding hydrogens is 429 g/mol. The van der Waals surface area contributed by atoms with E-state index in [-0.39, 0.29) is 12.1 Å². The zero-order valence-corrected chi connectivity index (χ0v) is 19.8. The molecule has 0 aliphatic heterocycles. The van der Waals surface area contributed by atoms with Crippen molar-refractivity contribution >= 4 is 27.9 Å². The third-order valence-electron chi connectivity index (χ3n) is 6.22. The Labute approximate surface area is 197 Å². The Balaban J connectivity index is 1.56. The first-order valence-electron chi connectivity index (χ1n) is 11.6. The minimum atomic E-state index is -0.421. The number of imidazole rings is 1. The maximum absolute atomic E-state index is 13.9. The van der Waals surface area contributed by atoms with Crippen molar-refractivity contribution in [3.63, 3.8) is 0 Å². The van der Waals surface area contributed by atoms with Crippen LogP contribution in [0.5, 0.6) is 0 Å². The van der Waals surface area contributed by atoms with Gasteiger partial charge in [0, 0.05) is 48.0 Å². The van der Waals surface area contributed by atoms with E-state index in [1.54, 1.807) is 12.5 Å². The number of benzene rings is 1. The van der Waals surface area contributed by atoms with Gasteiger partial charge in [-0.2, -0.15) is 0 Å². The molecule has 0 amide bonds. The highest BCUT2D eigenvalue weighted by Crippen LogP contribution is 2.28. The maximum atomic E-state index is 13.9. The quantitative estimate of drug-likeness (QED) is 0.348. The predicted molar refractivity (Wildman–Crippen MR) is 133 cm³/mol. The topological polar surface area (TPSA) is 73.5 Å². The van der Waals surface area contributed by atoms with Crippen LogP contribution >= 0.6 is 0 Å². The van der Waals surface area contributed by atoms with Gasteiger partial charge in [0.05, 0.1) is 12.5 Å². The summed E-state index contributed by atoms with van der Waals surface area (Å²) in [5.41, 5.74) is 4.45. The second-order valence-electron chi connectivity index (χ2n) is 8.94. The van der Waals surface area contributed by atoms with Gasteiger partial charge in [-0.15, -0.1) is 0 Å². The molecule has 0 saturated carbocycles. The summed E-state index contributed by atoms with van der Waals surface area (Å²) in [4.78, 5) is 18.1. The number of aryl methyl sites for hydroxylation is 1. The Kier molecular flexibility index (Phi) is 5.73. The van der Waals surface area contributed by atoms with E-state index in [1.807, 2.05) is 4.57 Å². The molecule has 0 bridgehead atoms. The van der Waals surface area contributed by atoms with E-state index >= 15 is 0 Å². The van der Waals surface area contributed by atoms with Crippen LogP contribution in [-0.2, 0) is 13.5 Å². The van der Waals surface area contributed by atoms with Crippen molar-refractivity contribution in [3.8, 4) is 11.4 Å². The van der Waals surface area contributed by atoms with Crippen LogP contribution in [0.1, 0.15) is 38.8 Å². The zero-order chi connectivity index (χ0) is 23.8. The fraction of sp³-hybridized carbons (Fsp3) is 0.308. The third-order valence-corrected chi connectivity index (χ3v) is 6.22. The Hall–Kier alpha value is -3.81. The molecule has 0 fully saturated rings. The monoisotopic (exact) mass is 457 g/mol. The number of pyridine rings is 1. The molecule has 1 unspecified atom stereocenters. The molecule has 1 aromatic carbocycles. The number of hydrogen-bond donors (Lipinski definition) is 1. The molecule has 0 radical (unpaired) electrons. The van der Waals surface area contributed by atoms with Crippen molar-refractivity contribution in [3.05, 3.63) is 66.6 Å². The van der Waals surface area contributed by atoms with Gasteiger partial charge in [-0.1, -0.05) is 25.1 Å². The largest absolute Gasteiger partial charge is 0.365 e. The van der Waals surface area contributed by atoms with Crippen LogP contribution in [0.3, 0.4) is 0 Å². The summed E-state index contributed by atoms with van der Waals surface area (Å²) in [5.74, 6) is 0.649. The molecule has 174 valence electrons. The Morgan fingerprint density at radius 2 is 1.94 bits per heavy atom. The zero-order valence-electron chi connectivity index (χ0n) is 19.8. The standard InChI is InChI=1S/C26H28FN7/c1-5-20(11-18-14-33(4)22-9-7-6-8-21(18)22)30-25-23-26(34(15-29-23)16(2)3)32-24(31-25)17-10-19(27)13-28-12-17/h6-10,12-16,20H,5,11H2,1-4H3,(H,30,31,32). The van der Waals surface area contributed by atoms with Crippen LogP contribution in [0, 0.1) is 5.82 Å². The van der Waals surface area contributed by atoms with Crippen molar-refractivity contribution in [2.24, 2.45) is 7.05 Å². The molecule has 8 heteroatoms. The highest BCUT2D eigenvalue weighted by atomic mass is 19.1. The molecule has 5 aromatic rings. The van der Waals surface area contributed by atoms with Crippen molar-refractivity contribution < 1.29 is 4.39 Å². The van der Waals surface area contributed by atoms with Crippen molar-refractivity contribution in [2.75, 3.05) is 5.32 Å². The number of fused-ring (bicyclic) bond motifs is 2. The average molecular weight is 458 g/mol. The second kappa shape index (κ2) is 8.85. The Morgan fingerprint density at radius 1 is 1.12 bits per heavy atom. The van der Waals surface area contributed by atoms with E-state index in [1.165, 1.54) is 28.7 Å². The van der Waals surface area contributed by atoms with Crippen molar-refractivity contribution in [2.45, 2.75) is 45.7 Å². The molecule has 0 aliphatic carbocycles. The van der Waals surface area contributed by atoms with Crippen LogP contribution < -0.4 is 5.32 Å².